The first kappa shape index (κ1) is 23.2. The van der Waals surface area contributed by atoms with Crippen molar-refractivity contribution in [1.82, 2.24) is 4.90 Å². The van der Waals surface area contributed by atoms with Crippen LogP contribution in [0.25, 0.3) is 0 Å². The molecule has 2 rings (SSSR count). The molecule has 1 amide bonds. The zero-order valence-corrected chi connectivity index (χ0v) is 19.2. The van der Waals surface area contributed by atoms with Gasteiger partial charge >= 0.3 is 0 Å². The molecular weight excluding hydrogens is 388 g/mol. The number of anilines is 1. The smallest absolute Gasteiger partial charge is 0.258 e. The molecule has 0 bridgehead atoms. The van der Waals surface area contributed by atoms with E-state index in [2.05, 4.69) is 11.8 Å². The van der Waals surface area contributed by atoms with Gasteiger partial charge in [-0.2, -0.15) is 0 Å². The highest BCUT2D eigenvalue weighted by molar-refractivity contribution is 7.80. The van der Waals surface area contributed by atoms with Crippen molar-refractivity contribution in [3.05, 3.63) is 29.3 Å². The molecule has 0 radical (unpaired) electrons. The summed E-state index contributed by atoms with van der Waals surface area (Å²) in [4.78, 5) is 16.7. The third-order valence-electron chi connectivity index (χ3n) is 5.64. The van der Waals surface area contributed by atoms with Crippen LogP contribution < -0.4 is 4.90 Å². The predicted octanol–water partition coefficient (Wildman–Crippen LogP) is 6.97. The molecule has 0 unspecified atom stereocenters. The van der Waals surface area contributed by atoms with Gasteiger partial charge in [-0.25, -0.2) is 0 Å². The van der Waals surface area contributed by atoms with Crippen molar-refractivity contribution >= 4 is 40.5 Å². The lowest BCUT2D eigenvalue weighted by molar-refractivity contribution is -0.123. The Kier molecular flexibility index (Phi) is 9.23. The van der Waals surface area contributed by atoms with Crippen LogP contribution in [0.1, 0.15) is 85.0 Å². The largest absolute Gasteiger partial charge is 0.334 e. The SMILES string of the molecule is CCCCCCCCCCCCN1C(=S)N(c2ccc(Cl)cc2)C(=O)C1(C)C. The number of hydrogen-bond acceptors (Lipinski definition) is 2. The van der Waals surface area contributed by atoms with Crippen LogP contribution in [0, 0.1) is 0 Å². The Morgan fingerprint density at radius 1 is 0.893 bits per heavy atom. The maximum Gasteiger partial charge on any atom is 0.258 e. The second-order valence-corrected chi connectivity index (χ2v) is 9.09. The minimum Gasteiger partial charge on any atom is -0.334 e. The maximum atomic E-state index is 13.0. The van der Waals surface area contributed by atoms with E-state index in [0.717, 1.165) is 18.7 Å². The lowest BCUT2D eigenvalue weighted by atomic mass is 10.0. The monoisotopic (exact) mass is 422 g/mol. The normalized spacial score (nSPS) is 16.3. The molecule has 1 aliphatic heterocycles. The quantitative estimate of drug-likeness (QED) is 0.268. The summed E-state index contributed by atoms with van der Waals surface area (Å²) in [5.41, 5.74) is 0.189. The van der Waals surface area contributed by atoms with Gasteiger partial charge in [-0.15, -0.1) is 0 Å². The summed E-state index contributed by atoms with van der Waals surface area (Å²) in [5.74, 6) is 0.0342. The van der Waals surface area contributed by atoms with Gasteiger partial charge in [0, 0.05) is 11.6 Å². The van der Waals surface area contributed by atoms with Gasteiger partial charge < -0.3 is 4.90 Å². The standard InChI is InChI=1S/C23H35ClN2OS/c1-4-5-6-7-8-9-10-11-12-13-18-25-22(28)26(21(27)23(25,2)3)20-16-14-19(24)15-17-20/h14-17H,4-13,18H2,1-3H3. The summed E-state index contributed by atoms with van der Waals surface area (Å²) < 4.78 is 0. The molecule has 0 spiro atoms. The minimum absolute atomic E-state index is 0.0342. The number of amides is 1. The first-order chi connectivity index (χ1) is 13.4. The summed E-state index contributed by atoms with van der Waals surface area (Å²) in [5, 5.41) is 1.26. The van der Waals surface area contributed by atoms with Gasteiger partial charge in [-0.05, 0) is 56.8 Å². The predicted molar refractivity (Wildman–Crippen MR) is 124 cm³/mol. The van der Waals surface area contributed by atoms with E-state index in [1.807, 2.05) is 26.0 Å². The van der Waals surface area contributed by atoms with Gasteiger partial charge in [-0.1, -0.05) is 76.3 Å². The summed E-state index contributed by atoms with van der Waals surface area (Å²) in [6, 6.07) is 7.30. The number of halogens is 1. The topological polar surface area (TPSA) is 23.6 Å². The van der Waals surface area contributed by atoms with Crippen LogP contribution in [0.3, 0.4) is 0 Å². The molecule has 0 atom stereocenters. The third-order valence-corrected chi connectivity index (χ3v) is 6.30. The van der Waals surface area contributed by atoms with Crippen LogP contribution >= 0.6 is 23.8 Å². The van der Waals surface area contributed by atoms with E-state index in [0.29, 0.717) is 10.1 Å². The molecule has 0 saturated carbocycles. The molecule has 1 aliphatic rings. The molecule has 0 aliphatic carbocycles. The van der Waals surface area contributed by atoms with Crippen LogP contribution in [0.15, 0.2) is 24.3 Å². The van der Waals surface area contributed by atoms with E-state index in [4.69, 9.17) is 23.8 Å². The highest BCUT2D eigenvalue weighted by atomic mass is 35.5. The fraction of sp³-hybridized carbons (Fsp3) is 0.652. The van der Waals surface area contributed by atoms with Crippen molar-refractivity contribution in [2.45, 2.75) is 90.5 Å². The van der Waals surface area contributed by atoms with Gasteiger partial charge in [-0.3, -0.25) is 9.69 Å². The van der Waals surface area contributed by atoms with Crippen LogP contribution in [0.5, 0.6) is 0 Å². The Morgan fingerprint density at radius 3 is 1.93 bits per heavy atom. The Balaban J connectivity index is 1.78. The average Bonchev–Trinajstić information content (AvgIpc) is 2.83. The number of unbranched alkanes of at least 4 members (excludes halogenated alkanes) is 9. The van der Waals surface area contributed by atoms with E-state index in [9.17, 15) is 4.79 Å². The Bertz CT molecular complexity index is 645. The highest BCUT2D eigenvalue weighted by Gasteiger charge is 2.48. The lowest BCUT2D eigenvalue weighted by Crippen LogP contribution is -2.44. The zero-order valence-electron chi connectivity index (χ0n) is 17.7. The lowest BCUT2D eigenvalue weighted by Gasteiger charge is -2.29. The van der Waals surface area contributed by atoms with Crippen molar-refractivity contribution in [2.24, 2.45) is 0 Å². The summed E-state index contributed by atoms with van der Waals surface area (Å²) >= 11 is 11.7. The Labute approximate surface area is 181 Å². The van der Waals surface area contributed by atoms with Crippen molar-refractivity contribution in [3.8, 4) is 0 Å². The van der Waals surface area contributed by atoms with Gasteiger partial charge in [0.05, 0.1) is 5.69 Å². The van der Waals surface area contributed by atoms with Gasteiger partial charge in [0.25, 0.3) is 5.91 Å². The molecule has 156 valence electrons. The molecule has 3 nitrogen and oxygen atoms in total. The average molecular weight is 423 g/mol. The van der Waals surface area contributed by atoms with Gasteiger partial charge in [0.1, 0.15) is 5.54 Å². The van der Waals surface area contributed by atoms with Crippen LogP contribution in [0.4, 0.5) is 5.69 Å². The summed E-state index contributed by atoms with van der Waals surface area (Å²) in [6.45, 7) is 7.02. The van der Waals surface area contributed by atoms with E-state index < -0.39 is 5.54 Å². The molecular formula is C23H35ClN2OS. The van der Waals surface area contributed by atoms with E-state index in [1.54, 1.807) is 17.0 Å². The molecule has 1 saturated heterocycles. The zero-order chi connectivity index (χ0) is 20.6. The highest BCUT2D eigenvalue weighted by Crippen LogP contribution is 2.33. The summed E-state index contributed by atoms with van der Waals surface area (Å²) in [7, 11) is 0. The van der Waals surface area contributed by atoms with E-state index in [-0.39, 0.29) is 5.91 Å². The number of thiocarbonyl (C=S) groups is 1. The molecule has 1 aromatic rings. The number of rotatable bonds is 12. The molecule has 5 heteroatoms. The Morgan fingerprint density at radius 2 is 1.39 bits per heavy atom. The van der Waals surface area contributed by atoms with Crippen LogP contribution in [-0.4, -0.2) is 28.0 Å². The van der Waals surface area contributed by atoms with Crippen LogP contribution in [0.2, 0.25) is 5.02 Å². The number of carbonyl (C=O) groups excluding carboxylic acids is 1. The van der Waals surface area contributed by atoms with Crippen molar-refractivity contribution in [2.75, 3.05) is 11.4 Å². The molecule has 1 fully saturated rings. The fourth-order valence-electron chi connectivity index (χ4n) is 3.79. The van der Waals surface area contributed by atoms with Gasteiger partial charge in [0.15, 0.2) is 5.11 Å². The van der Waals surface area contributed by atoms with Crippen molar-refractivity contribution in [3.63, 3.8) is 0 Å². The summed E-state index contributed by atoms with van der Waals surface area (Å²) in [6.07, 6.45) is 13.0. The van der Waals surface area contributed by atoms with Gasteiger partial charge in [0.2, 0.25) is 0 Å². The van der Waals surface area contributed by atoms with Crippen LogP contribution in [-0.2, 0) is 4.79 Å². The molecule has 1 heterocycles. The second kappa shape index (κ2) is 11.2. The number of hydrogen-bond donors (Lipinski definition) is 0. The maximum absolute atomic E-state index is 13.0. The van der Waals surface area contributed by atoms with Crippen molar-refractivity contribution < 1.29 is 4.79 Å². The number of benzene rings is 1. The Hall–Kier alpha value is -1.13. The van der Waals surface area contributed by atoms with E-state index in [1.165, 1.54) is 57.8 Å². The fourth-order valence-corrected chi connectivity index (χ4v) is 4.42. The molecule has 0 N–H and O–H groups in total. The second-order valence-electron chi connectivity index (χ2n) is 8.29. The first-order valence-corrected chi connectivity index (χ1v) is 11.6. The minimum atomic E-state index is -0.601. The van der Waals surface area contributed by atoms with E-state index >= 15 is 0 Å². The molecule has 0 aromatic heterocycles. The number of nitrogens with zero attached hydrogens (tertiary/aromatic N) is 2. The molecule has 1 aromatic carbocycles. The van der Waals surface area contributed by atoms with Crippen molar-refractivity contribution in [1.29, 1.82) is 0 Å². The number of carbonyl (C=O) groups is 1. The first-order valence-electron chi connectivity index (χ1n) is 10.8. The third kappa shape index (κ3) is 5.93. The molecule has 28 heavy (non-hydrogen) atoms.